The number of allylic oxidation sites excluding steroid dienone is 1. The van der Waals surface area contributed by atoms with Gasteiger partial charge in [0, 0.05) is 18.4 Å². The van der Waals surface area contributed by atoms with Crippen LogP contribution in [0.3, 0.4) is 0 Å². The summed E-state index contributed by atoms with van der Waals surface area (Å²) in [6.45, 7) is 1.99. The molecule has 0 aliphatic carbocycles. The quantitative estimate of drug-likeness (QED) is 0.655. The molecule has 1 aromatic carbocycles. The molecule has 2 nitrogen and oxygen atoms in total. The van der Waals surface area contributed by atoms with Crippen molar-refractivity contribution in [2.75, 3.05) is 18.1 Å². The molecule has 0 saturated heterocycles. The molecular weight excluding hydrogens is 148 g/mol. The van der Waals surface area contributed by atoms with Gasteiger partial charge in [0.25, 0.3) is 0 Å². The molecule has 0 unspecified atom stereocenters. The van der Waals surface area contributed by atoms with Crippen molar-refractivity contribution in [3.8, 4) is 0 Å². The van der Waals surface area contributed by atoms with Crippen LogP contribution in [0.4, 0.5) is 11.4 Å². The van der Waals surface area contributed by atoms with Gasteiger partial charge in [-0.05, 0) is 30.7 Å². The molecule has 0 saturated carbocycles. The van der Waals surface area contributed by atoms with E-state index >= 15 is 0 Å². The zero-order chi connectivity index (χ0) is 8.97. The Morgan fingerprint density at radius 1 is 1.42 bits per heavy atom. The second-order valence-corrected chi connectivity index (χ2v) is 2.60. The van der Waals surface area contributed by atoms with Crippen LogP contribution in [0.2, 0.25) is 0 Å². The molecule has 1 aromatic rings. The zero-order valence-corrected chi connectivity index (χ0v) is 7.46. The first-order valence-corrected chi connectivity index (χ1v) is 3.98. The molecule has 0 fully saturated rings. The summed E-state index contributed by atoms with van der Waals surface area (Å²) >= 11 is 0. The predicted molar refractivity (Wildman–Crippen MR) is 55.1 cm³/mol. The van der Waals surface area contributed by atoms with E-state index in [4.69, 9.17) is 5.73 Å². The third-order valence-electron chi connectivity index (χ3n) is 1.69. The number of nitrogens with two attached hydrogens (primary N) is 1. The van der Waals surface area contributed by atoms with E-state index in [1.54, 1.807) is 0 Å². The molecule has 0 heterocycles. The minimum absolute atomic E-state index is 0.794. The van der Waals surface area contributed by atoms with E-state index in [-0.39, 0.29) is 0 Å². The summed E-state index contributed by atoms with van der Waals surface area (Å²) in [6, 6.07) is 5.81. The Bertz CT molecular complexity index is 290. The van der Waals surface area contributed by atoms with Gasteiger partial charge in [-0.1, -0.05) is 12.2 Å². The highest BCUT2D eigenvalue weighted by Gasteiger charge is 1.96. The van der Waals surface area contributed by atoms with Gasteiger partial charge in [0.1, 0.15) is 0 Å². The summed E-state index contributed by atoms with van der Waals surface area (Å²) in [5.74, 6) is 0. The Hall–Kier alpha value is -1.44. The molecule has 0 spiro atoms. The summed E-state index contributed by atoms with van der Waals surface area (Å²) in [5, 5.41) is 3.10. The first-order chi connectivity index (χ1) is 5.77. The molecule has 2 heteroatoms. The minimum Gasteiger partial charge on any atom is -0.399 e. The summed E-state index contributed by atoms with van der Waals surface area (Å²) in [5.41, 5.74) is 8.67. The van der Waals surface area contributed by atoms with Crippen molar-refractivity contribution in [3.05, 3.63) is 29.8 Å². The lowest BCUT2D eigenvalue weighted by Crippen LogP contribution is -1.93. The van der Waals surface area contributed by atoms with Crippen LogP contribution in [0.25, 0.3) is 6.08 Å². The predicted octanol–water partition coefficient (Wildman–Crippen LogP) is 2.34. The topological polar surface area (TPSA) is 38.0 Å². The normalized spacial score (nSPS) is 10.5. The van der Waals surface area contributed by atoms with E-state index in [0.717, 1.165) is 16.9 Å². The van der Waals surface area contributed by atoms with Crippen LogP contribution in [-0.4, -0.2) is 7.05 Å². The van der Waals surface area contributed by atoms with Gasteiger partial charge in [0.2, 0.25) is 0 Å². The van der Waals surface area contributed by atoms with E-state index in [1.807, 2.05) is 44.3 Å². The Balaban J connectivity index is 3.12. The fraction of sp³-hybridized carbons (Fsp3) is 0.200. The molecule has 12 heavy (non-hydrogen) atoms. The smallest absolute Gasteiger partial charge is 0.0412 e. The minimum atomic E-state index is 0.794. The lowest BCUT2D eigenvalue weighted by Gasteiger charge is -2.05. The molecule has 0 radical (unpaired) electrons. The van der Waals surface area contributed by atoms with Gasteiger partial charge in [0.15, 0.2) is 0 Å². The van der Waals surface area contributed by atoms with Gasteiger partial charge >= 0.3 is 0 Å². The van der Waals surface area contributed by atoms with Crippen molar-refractivity contribution < 1.29 is 0 Å². The van der Waals surface area contributed by atoms with Crippen LogP contribution in [-0.2, 0) is 0 Å². The van der Waals surface area contributed by atoms with Crippen molar-refractivity contribution >= 4 is 17.5 Å². The van der Waals surface area contributed by atoms with Crippen LogP contribution >= 0.6 is 0 Å². The number of anilines is 2. The Morgan fingerprint density at radius 3 is 2.75 bits per heavy atom. The Kier molecular flexibility index (Phi) is 2.75. The molecule has 1 rings (SSSR count). The molecule has 64 valence electrons. The van der Waals surface area contributed by atoms with Gasteiger partial charge in [-0.15, -0.1) is 0 Å². The van der Waals surface area contributed by atoms with Crippen LogP contribution in [0, 0.1) is 0 Å². The molecule has 0 aromatic heterocycles. The first kappa shape index (κ1) is 8.65. The second kappa shape index (κ2) is 3.81. The van der Waals surface area contributed by atoms with Crippen molar-refractivity contribution in [3.63, 3.8) is 0 Å². The van der Waals surface area contributed by atoms with Crippen LogP contribution in [0.15, 0.2) is 24.3 Å². The summed E-state index contributed by atoms with van der Waals surface area (Å²) in [4.78, 5) is 0. The molecule has 0 aliphatic heterocycles. The summed E-state index contributed by atoms with van der Waals surface area (Å²) < 4.78 is 0. The first-order valence-electron chi connectivity index (χ1n) is 3.98. The van der Waals surface area contributed by atoms with Gasteiger partial charge in [-0.2, -0.15) is 0 Å². The van der Waals surface area contributed by atoms with Crippen molar-refractivity contribution in [2.24, 2.45) is 0 Å². The Morgan fingerprint density at radius 2 is 2.17 bits per heavy atom. The van der Waals surface area contributed by atoms with E-state index in [0.29, 0.717) is 0 Å². The highest BCUT2D eigenvalue weighted by atomic mass is 14.8. The maximum atomic E-state index is 5.65. The summed E-state index contributed by atoms with van der Waals surface area (Å²) in [6.07, 6.45) is 4.03. The van der Waals surface area contributed by atoms with Gasteiger partial charge < -0.3 is 11.1 Å². The molecule has 3 N–H and O–H groups in total. The third kappa shape index (κ3) is 1.78. The number of rotatable bonds is 2. The SMILES string of the molecule is C/C=C\c1cc(N)ccc1NC. The molecule has 0 bridgehead atoms. The van der Waals surface area contributed by atoms with Crippen molar-refractivity contribution in [2.45, 2.75) is 6.92 Å². The maximum Gasteiger partial charge on any atom is 0.0412 e. The number of nitrogen functional groups attached to an aromatic ring is 1. The van der Waals surface area contributed by atoms with E-state index in [2.05, 4.69) is 5.32 Å². The van der Waals surface area contributed by atoms with Gasteiger partial charge in [-0.25, -0.2) is 0 Å². The van der Waals surface area contributed by atoms with Crippen molar-refractivity contribution in [1.29, 1.82) is 0 Å². The van der Waals surface area contributed by atoms with Gasteiger partial charge in [0.05, 0.1) is 0 Å². The second-order valence-electron chi connectivity index (χ2n) is 2.60. The third-order valence-corrected chi connectivity index (χ3v) is 1.69. The average Bonchev–Trinajstić information content (AvgIpc) is 2.05. The lowest BCUT2D eigenvalue weighted by molar-refractivity contribution is 1.49. The number of hydrogen-bond donors (Lipinski definition) is 2. The van der Waals surface area contributed by atoms with Crippen molar-refractivity contribution in [1.82, 2.24) is 0 Å². The number of benzene rings is 1. The van der Waals surface area contributed by atoms with Gasteiger partial charge in [-0.3, -0.25) is 0 Å². The summed E-state index contributed by atoms with van der Waals surface area (Å²) in [7, 11) is 1.90. The molecule has 0 amide bonds. The zero-order valence-electron chi connectivity index (χ0n) is 7.46. The standard InChI is InChI=1S/C10H14N2/c1-3-4-8-7-9(11)5-6-10(8)12-2/h3-7,12H,11H2,1-2H3/b4-3-. The maximum absolute atomic E-state index is 5.65. The molecular formula is C10H14N2. The largest absolute Gasteiger partial charge is 0.399 e. The van der Waals surface area contributed by atoms with Crippen LogP contribution < -0.4 is 11.1 Å². The molecule has 0 atom stereocenters. The fourth-order valence-electron chi connectivity index (χ4n) is 1.13. The highest BCUT2D eigenvalue weighted by Crippen LogP contribution is 2.19. The van der Waals surface area contributed by atoms with Crippen LogP contribution in [0.5, 0.6) is 0 Å². The molecule has 0 aliphatic rings. The van der Waals surface area contributed by atoms with Crippen LogP contribution in [0.1, 0.15) is 12.5 Å². The fourth-order valence-corrected chi connectivity index (χ4v) is 1.13. The van der Waals surface area contributed by atoms with E-state index in [1.165, 1.54) is 0 Å². The number of hydrogen-bond acceptors (Lipinski definition) is 2. The Labute approximate surface area is 73.1 Å². The number of nitrogens with one attached hydrogen (secondary N) is 1. The van der Waals surface area contributed by atoms with E-state index in [9.17, 15) is 0 Å². The van der Waals surface area contributed by atoms with E-state index < -0.39 is 0 Å². The average molecular weight is 162 g/mol. The lowest BCUT2D eigenvalue weighted by atomic mass is 10.1. The monoisotopic (exact) mass is 162 g/mol. The highest BCUT2D eigenvalue weighted by molar-refractivity contribution is 5.70.